The topological polar surface area (TPSA) is 0 Å². The van der Waals surface area contributed by atoms with Gasteiger partial charge in [-0.25, -0.2) is 0 Å². The summed E-state index contributed by atoms with van der Waals surface area (Å²) in [6.07, 6.45) is 0. The van der Waals surface area contributed by atoms with E-state index in [-0.39, 0.29) is 0 Å². The Balaban J connectivity index is 2.28. The van der Waals surface area contributed by atoms with Gasteiger partial charge in [-0.15, -0.1) is 11.7 Å². The third-order valence-electron chi connectivity index (χ3n) is 2.61. The van der Waals surface area contributed by atoms with Crippen molar-refractivity contribution in [2.75, 3.05) is 0 Å². The third-order valence-corrected chi connectivity index (χ3v) is 3.74. The van der Waals surface area contributed by atoms with Gasteiger partial charge in [-0.2, -0.15) is 0 Å². The fraction of sp³-hybridized carbons (Fsp3) is 0. The maximum atomic E-state index is 4.27. The number of hydrogen-bond acceptors (Lipinski definition) is 2. The highest BCUT2D eigenvalue weighted by molar-refractivity contribution is 8.68. The molecule has 2 aromatic rings. The summed E-state index contributed by atoms with van der Waals surface area (Å²) in [5, 5.41) is 0. The molecule has 68 valence electrons. The van der Waals surface area contributed by atoms with Crippen LogP contribution in [-0.2, 0) is 0 Å². The summed E-state index contributed by atoms with van der Waals surface area (Å²) in [6, 6.07) is 14.9. The Labute approximate surface area is 92.2 Å². The molecular weight excluding hydrogens is 208 g/mol. The van der Waals surface area contributed by atoms with Crippen LogP contribution < -0.4 is 0 Å². The van der Waals surface area contributed by atoms with Crippen molar-refractivity contribution < 1.29 is 0 Å². The van der Waals surface area contributed by atoms with E-state index in [1.54, 1.807) is 0 Å². The van der Waals surface area contributed by atoms with E-state index < -0.39 is 0 Å². The van der Waals surface area contributed by atoms with E-state index in [1.165, 1.54) is 37.9 Å². The second-order valence-corrected chi connectivity index (χ2v) is 4.49. The number of thiol groups is 1. The molecule has 0 unspecified atom stereocenters. The monoisotopic (exact) mass is 216 g/mol. The van der Waals surface area contributed by atoms with Gasteiger partial charge in [-0.1, -0.05) is 47.2 Å². The fourth-order valence-corrected chi connectivity index (χ4v) is 2.89. The lowest BCUT2D eigenvalue weighted by Crippen LogP contribution is -1.98. The van der Waals surface area contributed by atoms with Crippen molar-refractivity contribution in [1.82, 2.24) is 0 Å². The molecule has 0 aromatic heterocycles. The molecule has 2 heteroatoms. The van der Waals surface area contributed by atoms with Gasteiger partial charge in [0.2, 0.25) is 0 Å². The molecule has 0 spiro atoms. The third kappa shape index (κ3) is 0.983. The van der Waals surface area contributed by atoms with Crippen LogP contribution in [0.15, 0.2) is 47.4 Å². The van der Waals surface area contributed by atoms with Crippen molar-refractivity contribution >= 4 is 22.5 Å². The zero-order valence-electron chi connectivity index (χ0n) is 7.40. The minimum Gasteiger partial charge on any atom is -0.106 e. The number of benzene rings is 2. The van der Waals surface area contributed by atoms with E-state index in [0.717, 1.165) is 0 Å². The average Bonchev–Trinajstić information content (AvgIpc) is 2.24. The lowest BCUT2D eigenvalue weighted by molar-refractivity contribution is 1.40. The predicted octanol–water partition coefficient (Wildman–Crippen LogP) is 4.27. The molecule has 1 aliphatic carbocycles. The molecule has 2 aromatic carbocycles. The van der Waals surface area contributed by atoms with Crippen LogP contribution in [0.3, 0.4) is 0 Å². The van der Waals surface area contributed by atoms with Gasteiger partial charge in [0, 0.05) is 10.5 Å². The predicted molar refractivity (Wildman–Crippen MR) is 65.7 cm³/mol. The van der Waals surface area contributed by atoms with Crippen LogP contribution in [0, 0.1) is 0 Å². The summed E-state index contributed by atoms with van der Waals surface area (Å²) in [4.78, 5) is 1.25. The fourth-order valence-electron chi connectivity index (χ4n) is 1.98. The van der Waals surface area contributed by atoms with Crippen LogP contribution in [0.2, 0.25) is 0 Å². The van der Waals surface area contributed by atoms with Gasteiger partial charge in [0.1, 0.15) is 0 Å². The zero-order valence-corrected chi connectivity index (χ0v) is 9.11. The summed E-state index contributed by atoms with van der Waals surface area (Å²) in [7, 11) is 1.52. The minimum absolute atomic E-state index is 1.25. The van der Waals surface area contributed by atoms with Crippen molar-refractivity contribution in [2.24, 2.45) is 0 Å². The van der Waals surface area contributed by atoms with E-state index in [1.807, 2.05) is 0 Å². The normalized spacial score (nSPS) is 11.5. The van der Waals surface area contributed by atoms with Crippen LogP contribution in [0.25, 0.3) is 22.3 Å². The van der Waals surface area contributed by atoms with Crippen molar-refractivity contribution in [3.05, 3.63) is 42.5 Å². The van der Waals surface area contributed by atoms with Crippen LogP contribution in [0.1, 0.15) is 0 Å². The van der Waals surface area contributed by atoms with Gasteiger partial charge in [-0.05, 0) is 22.8 Å². The number of hydrogen-bond donors (Lipinski definition) is 1. The van der Waals surface area contributed by atoms with Crippen molar-refractivity contribution in [3.63, 3.8) is 0 Å². The molecule has 0 fully saturated rings. The Morgan fingerprint density at radius 2 is 1.50 bits per heavy atom. The lowest BCUT2D eigenvalue weighted by Gasteiger charge is -2.25. The van der Waals surface area contributed by atoms with Gasteiger partial charge in [0.05, 0.1) is 0 Å². The first-order valence-electron chi connectivity index (χ1n) is 4.46. The Morgan fingerprint density at radius 3 is 2.29 bits per heavy atom. The van der Waals surface area contributed by atoms with Crippen molar-refractivity contribution in [3.8, 4) is 22.3 Å². The van der Waals surface area contributed by atoms with Crippen LogP contribution in [-0.4, -0.2) is 0 Å². The Bertz CT molecular complexity index is 503. The van der Waals surface area contributed by atoms with E-state index in [2.05, 4.69) is 54.1 Å². The molecule has 0 amide bonds. The Kier molecular flexibility index (Phi) is 1.85. The van der Waals surface area contributed by atoms with Gasteiger partial charge in [0.15, 0.2) is 0 Å². The van der Waals surface area contributed by atoms with E-state index >= 15 is 0 Å². The molecule has 1 aliphatic rings. The maximum Gasteiger partial charge on any atom is 0.0265 e. The average molecular weight is 216 g/mol. The summed E-state index contributed by atoms with van der Waals surface area (Å²) in [5.74, 6) is 0. The molecule has 3 rings (SSSR count). The van der Waals surface area contributed by atoms with Crippen LogP contribution >= 0.6 is 22.5 Å². The number of fused-ring (bicyclic) bond motifs is 4. The van der Waals surface area contributed by atoms with Crippen LogP contribution in [0.4, 0.5) is 0 Å². The molecule has 0 radical (unpaired) electrons. The largest absolute Gasteiger partial charge is 0.106 e. The minimum atomic E-state index is 1.25. The maximum absolute atomic E-state index is 4.27. The summed E-state index contributed by atoms with van der Waals surface area (Å²) in [5.41, 5.74) is 5.45. The molecule has 0 saturated carbocycles. The van der Waals surface area contributed by atoms with Crippen molar-refractivity contribution in [2.45, 2.75) is 4.90 Å². The molecule has 0 heterocycles. The molecule has 0 nitrogen and oxygen atoms in total. The summed E-state index contributed by atoms with van der Waals surface area (Å²) in [6.45, 7) is 0. The number of rotatable bonds is 1. The molecule has 0 N–H and O–H groups in total. The Hall–Kier alpha value is -0.860. The second-order valence-electron chi connectivity index (χ2n) is 3.32. The van der Waals surface area contributed by atoms with Crippen molar-refractivity contribution in [1.29, 1.82) is 0 Å². The molecule has 0 bridgehead atoms. The highest BCUT2D eigenvalue weighted by Gasteiger charge is 2.23. The Morgan fingerprint density at radius 1 is 0.786 bits per heavy atom. The van der Waals surface area contributed by atoms with Gasteiger partial charge in [-0.3, -0.25) is 0 Å². The standard InChI is InChI=1S/C12H8S2/c13-14-11-7-3-6-10-8-4-1-2-5-9(8)12(10)11/h1-7,13H. The van der Waals surface area contributed by atoms with E-state index in [4.69, 9.17) is 0 Å². The highest BCUT2D eigenvalue weighted by atomic mass is 33.1. The van der Waals surface area contributed by atoms with E-state index in [0.29, 0.717) is 0 Å². The van der Waals surface area contributed by atoms with Gasteiger partial charge >= 0.3 is 0 Å². The summed E-state index contributed by atoms with van der Waals surface area (Å²) >= 11 is 4.27. The molecule has 14 heavy (non-hydrogen) atoms. The quantitative estimate of drug-likeness (QED) is 0.468. The molecule has 0 saturated heterocycles. The highest BCUT2D eigenvalue weighted by Crippen LogP contribution is 2.51. The smallest absolute Gasteiger partial charge is 0.0265 e. The van der Waals surface area contributed by atoms with Gasteiger partial charge < -0.3 is 0 Å². The molecule has 0 aliphatic heterocycles. The molecular formula is C12H8S2. The van der Waals surface area contributed by atoms with Gasteiger partial charge in [0.25, 0.3) is 0 Å². The first kappa shape index (κ1) is 8.45. The first-order valence-corrected chi connectivity index (χ1v) is 6.33. The second kappa shape index (κ2) is 3.07. The zero-order chi connectivity index (χ0) is 9.54. The summed E-state index contributed by atoms with van der Waals surface area (Å²) < 4.78 is 0. The first-order chi connectivity index (χ1) is 6.92. The van der Waals surface area contributed by atoms with Crippen LogP contribution in [0.5, 0.6) is 0 Å². The molecule has 0 atom stereocenters. The lowest BCUT2D eigenvalue weighted by atomic mass is 9.81. The SMILES string of the molecule is SSc1cccc2c1-c1ccccc1-2. The van der Waals surface area contributed by atoms with E-state index in [9.17, 15) is 0 Å².